The Kier molecular flexibility index (Phi) is 8.16. The molecule has 14 heteroatoms. The number of alkyl halides is 1. The van der Waals surface area contributed by atoms with Crippen LogP contribution in [0.25, 0.3) is 0 Å². The third-order valence-electron chi connectivity index (χ3n) is 5.37. The van der Waals surface area contributed by atoms with Crippen LogP contribution in [0.4, 0.5) is 10.2 Å². The zero-order chi connectivity index (χ0) is 29.2. The summed E-state index contributed by atoms with van der Waals surface area (Å²) >= 11 is 0. The molecule has 1 aliphatic heterocycles. The lowest BCUT2D eigenvalue weighted by Crippen LogP contribution is -2.50. The molecule has 3 rings (SSSR count). The highest BCUT2D eigenvalue weighted by atomic mass is 31.2. The topological polar surface area (TPSA) is 172 Å². The standard InChI is InChI=1S/C23H31FN3O9P/c1-14(2)34-20(29)15(3)12-37(32,36-16-7-5-4-6-8-16)33-11-17-19(28)23(31,13-24)21(35-17)27-10-9-18(25)26-22(27)30/h4-10,14-15,17,19,21,28,31H,11-13H2,1-3H3,(H2,25,26,30)/t15-,17-,19+,21-,23?,37+/m1/s1/i11D2. The van der Waals surface area contributed by atoms with Crippen LogP contribution in [-0.2, 0) is 23.4 Å². The predicted molar refractivity (Wildman–Crippen MR) is 130 cm³/mol. The Labute approximate surface area is 215 Å². The van der Waals surface area contributed by atoms with Crippen LogP contribution in [0.3, 0.4) is 0 Å². The summed E-state index contributed by atoms with van der Waals surface area (Å²) in [6.07, 6.45) is -6.57. The van der Waals surface area contributed by atoms with E-state index < -0.39 is 74.7 Å². The van der Waals surface area contributed by atoms with Gasteiger partial charge in [0.25, 0.3) is 0 Å². The minimum atomic E-state index is -4.59. The van der Waals surface area contributed by atoms with Gasteiger partial charge in [-0.2, -0.15) is 4.98 Å². The molecule has 1 unspecified atom stereocenters. The summed E-state index contributed by atoms with van der Waals surface area (Å²) in [5.74, 6) is -1.99. The van der Waals surface area contributed by atoms with Gasteiger partial charge in [-0.3, -0.25) is 13.9 Å². The molecule has 0 radical (unpaired) electrons. The lowest BCUT2D eigenvalue weighted by Gasteiger charge is -2.28. The maximum atomic E-state index is 14.1. The molecule has 4 N–H and O–H groups in total. The third kappa shape index (κ3) is 6.74. The van der Waals surface area contributed by atoms with Crippen molar-refractivity contribution in [2.45, 2.75) is 50.9 Å². The number of anilines is 1. The van der Waals surface area contributed by atoms with Gasteiger partial charge >= 0.3 is 19.3 Å². The molecule has 0 aliphatic carbocycles. The molecule has 1 aromatic carbocycles. The van der Waals surface area contributed by atoms with E-state index >= 15 is 0 Å². The molecule has 0 amide bonds. The summed E-state index contributed by atoms with van der Waals surface area (Å²) in [6.45, 7) is -0.275. The van der Waals surface area contributed by atoms with E-state index in [1.807, 2.05) is 0 Å². The van der Waals surface area contributed by atoms with Crippen molar-refractivity contribution in [2.75, 3.05) is 25.1 Å². The molecule has 1 fully saturated rings. The first-order valence-corrected chi connectivity index (χ1v) is 13.1. The highest BCUT2D eigenvalue weighted by molar-refractivity contribution is 7.54. The number of aliphatic hydroxyl groups excluding tert-OH is 1. The molecule has 2 aromatic rings. The van der Waals surface area contributed by atoms with Crippen molar-refractivity contribution in [1.82, 2.24) is 9.55 Å². The number of aromatic nitrogens is 2. The normalized spacial score (nSPS) is 27.2. The zero-order valence-corrected chi connectivity index (χ0v) is 21.3. The van der Waals surface area contributed by atoms with Gasteiger partial charge in [-0.05, 0) is 32.0 Å². The molecule has 0 saturated carbocycles. The van der Waals surface area contributed by atoms with Gasteiger partial charge in [-0.15, -0.1) is 0 Å². The number of ether oxygens (including phenoxy) is 2. The number of para-hydroxylation sites is 1. The molecule has 37 heavy (non-hydrogen) atoms. The van der Waals surface area contributed by atoms with E-state index in [-0.39, 0.29) is 11.6 Å². The number of nitrogens with two attached hydrogens (primary N) is 1. The molecule has 0 spiro atoms. The van der Waals surface area contributed by atoms with Crippen LogP contribution in [0.2, 0.25) is 0 Å². The van der Waals surface area contributed by atoms with Crippen molar-refractivity contribution < 1.29 is 45.2 Å². The van der Waals surface area contributed by atoms with Gasteiger partial charge in [0.05, 0.1) is 27.5 Å². The lowest BCUT2D eigenvalue weighted by atomic mass is 9.95. The van der Waals surface area contributed by atoms with Gasteiger partial charge in [0.2, 0.25) is 0 Å². The summed E-state index contributed by atoms with van der Waals surface area (Å²) in [5, 5.41) is 21.7. The Morgan fingerprint density at radius 2 is 2.03 bits per heavy atom. The molecular formula is C23H31FN3O9P. The van der Waals surface area contributed by atoms with E-state index in [1.165, 1.54) is 19.1 Å². The average molecular weight is 545 g/mol. The Bertz CT molecular complexity index is 1270. The van der Waals surface area contributed by atoms with Crippen LogP contribution in [0.15, 0.2) is 47.4 Å². The van der Waals surface area contributed by atoms with Crippen LogP contribution in [0.5, 0.6) is 5.75 Å². The molecular weight excluding hydrogens is 512 g/mol. The van der Waals surface area contributed by atoms with Gasteiger partial charge in [-0.1, -0.05) is 25.1 Å². The molecule has 1 saturated heterocycles. The van der Waals surface area contributed by atoms with Gasteiger partial charge in [0, 0.05) is 6.20 Å². The molecule has 2 heterocycles. The lowest BCUT2D eigenvalue weighted by molar-refractivity contribution is -0.151. The van der Waals surface area contributed by atoms with E-state index in [9.17, 15) is 28.8 Å². The number of nitrogens with zero attached hydrogens (tertiary/aromatic N) is 2. The second-order valence-electron chi connectivity index (χ2n) is 8.81. The van der Waals surface area contributed by atoms with Crippen LogP contribution >= 0.6 is 7.60 Å². The molecule has 12 nitrogen and oxygen atoms in total. The number of aliphatic hydroxyl groups is 2. The van der Waals surface area contributed by atoms with Crippen molar-refractivity contribution in [1.29, 1.82) is 0 Å². The first-order valence-electron chi connectivity index (χ1n) is 12.3. The number of carbonyl (C=O) groups is 1. The number of hydrogen-bond donors (Lipinski definition) is 3. The fourth-order valence-corrected chi connectivity index (χ4v) is 5.23. The number of benzene rings is 1. The Hall–Kier alpha value is -2.83. The van der Waals surface area contributed by atoms with Gasteiger partial charge in [0.1, 0.15) is 30.4 Å². The van der Waals surface area contributed by atoms with E-state index in [2.05, 4.69) is 4.98 Å². The van der Waals surface area contributed by atoms with Crippen molar-refractivity contribution in [3.8, 4) is 5.75 Å². The fourth-order valence-electron chi connectivity index (χ4n) is 3.51. The number of rotatable bonds is 11. The van der Waals surface area contributed by atoms with E-state index in [0.717, 1.165) is 12.3 Å². The average Bonchev–Trinajstić information content (AvgIpc) is 3.10. The van der Waals surface area contributed by atoms with Crippen LogP contribution in [0, 0.1) is 5.92 Å². The summed E-state index contributed by atoms with van der Waals surface area (Å²) in [7, 11) is -4.59. The van der Waals surface area contributed by atoms with Gasteiger partial charge < -0.3 is 29.9 Å². The molecule has 1 aliphatic rings. The first kappa shape index (κ1) is 25.8. The van der Waals surface area contributed by atoms with Crippen molar-refractivity contribution in [3.63, 3.8) is 0 Å². The molecule has 0 bridgehead atoms. The summed E-state index contributed by atoms with van der Waals surface area (Å²) in [6, 6.07) is 8.74. The third-order valence-corrected chi connectivity index (χ3v) is 7.24. The van der Waals surface area contributed by atoms with E-state index in [4.69, 9.17) is 27.0 Å². The second-order valence-corrected chi connectivity index (χ2v) is 10.8. The summed E-state index contributed by atoms with van der Waals surface area (Å²) in [4.78, 5) is 28.2. The number of nitrogen functional groups attached to an aromatic ring is 1. The number of esters is 1. The van der Waals surface area contributed by atoms with E-state index in [1.54, 1.807) is 32.0 Å². The maximum absolute atomic E-state index is 14.1. The monoisotopic (exact) mass is 545 g/mol. The number of halogens is 1. The van der Waals surface area contributed by atoms with Crippen molar-refractivity contribution >= 4 is 19.4 Å². The Morgan fingerprint density at radius 1 is 1.35 bits per heavy atom. The van der Waals surface area contributed by atoms with Crippen LogP contribution < -0.4 is 15.9 Å². The Balaban J connectivity index is 1.95. The van der Waals surface area contributed by atoms with Gasteiger partial charge in [-0.25, -0.2) is 13.8 Å². The zero-order valence-electron chi connectivity index (χ0n) is 22.4. The minimum Gasteiger partial charge on any atom is -0.463 e. The minimum absolute atomic E-state index is 0.0200. The number of carbonyl (C=O) groups excluding carboxylic acids is 1. The number of hydrogen-bond acceptors (Lipinski definition) is 11. The van der Waals surface area contributed by atoms with E-state index in [0.29, 0.717) is 4.57 Å². The summed E-state index contributed by atoms with van der Waals surface area (Å²) < 4.78 is 66.9. The maximum Gasteiger partial charge on any atom is 0.380 e. The molecule has 204 valence electrons. The Morgan fingerprint density at radius 3 is 2.62 bits per heavy atom. The quantitative estimate of drug-likeness (QED) is 0.277. The molecule has 6 atom stereocenters. The largest absolute Gasteiger partial charge is 0.463 e. The van der Waals surface area contributed by atoms with Crippen LogP contribution in [-0.4, -0.2) is 69.0 Å². The molecule has 1 aromatic heterocycles. The van der Waals surface area contributed by atoms with Crippen molar-refractivity contribution in [2.24, 2.45) is 5.92 Å². The predicted octanol–water partition coefficient (Wildman–Crippen LogP) is 1.66. The fraction of sp³-hybridized carbons (Fsp3) is 0.522. The van der Waals surface area contributed by atoms with Crippen molar-refractivity contribution in [3.05, 3.63) is 53.1 Å². The summed E-state index contributed by atoms with van der Waals surface area (Å²) in [5.41, 5.74) is 1.56. The second kappa shape index (κ2) is 11.7. The highest BCUT2D eigenvalue weighted by Gasteiger charge is 2.57. The highest BCUT2D eigenvalue weighted by Crippen LogP contribution is 2.51. The SMILES string of the molecule is [2H]C([2H])(O[P@@](=O)(C[C@@H](C)C(=O)OC(C)C)Oc1ccccc1)[C@H]1O[C@@H](n2ccc(N)nc2=O)C(O)(CF)[C@H]1O. The first-order chi connectivity index (χ1) is 18.1. The van der Waals surface area contributed by atoms with Crippen LogP contribution in [0.1, 0.15) is 29.7 Å². The van der Waals surface area contributed by atoms with Gasteiger partial charge in [0.15, 0.2) is 11.8 Å². The smallest absolute Gasteiger partial charge is 0.380 e.